The van der Waals surface area contributed by atoms with E-state index in [1.54, 1.807) is 19.1 Å². The zero-order valence-corrected chi connectivity index (χ0v) is 18.7. The number of nitrogens with zero attached hydrogens (tertiary/aromatic N) is 1. The van der Waals surface area contributed by atoms with Gasteiger partial charge in [-0.3, -0.25) is 9.59 Å². The molecule has 2 aromatic rings. The van der Waals surface area contributed by atoms with Gasteiger partial charge < -0.3 is 25.6 Å². The van der Waals surface area contributed by atoms with E-state index in [-0.39, 0.29) is 31.1 Å². The standard InChI is InChI=1S/C24H30N4O4/c1-4-22(29)28-16(3)14-20(19-8-6-7-9-21(19)28)26-17-10-12-18(13-11-17)27-24(31)25-15-23(30)32-5-2/h6-13,16,20,26H,4-5,14-15H2,1-3H3,(H2,25,27,31)/t16-,20+/m0/s1. The van der Waals surface area contributed by atoms with E-state index < -0.39 is 12.0 Å². The van der Waals surface area contributed by atoms with Crippen LogP contribution in [0.1, 0.15) is 45.2 Å². The molecule has 1 heterocycles. The van der Waals surface area contributed by atoms with Crippen molar-refractivity contribution in [1.29, 1.82) is 0 Å². The van der Waals surface area contributed by atoms with Crippen molar-refractivity contribution in [3.05, 3.63) is 54.1 Å². The summed E-state index contributed by atoms with van der Waals surface area (Å²) in [4.78, 5) is 37.6. The Morgan fingerprint density at radius 2 is 1.72 bits per heavy atom. The highest BCUT2D eigenvalue weighted by Gasteiger charge is 2.32. The zero-order valence-electron chi connectivity index (χ0n) is 18.7. The van der Waals surface area contributed by atoms with E-state index >= 15 is 0 Å². The maximum Gasteiger partial charge on any atom is 0.325 e. The number of fused-ring (bicyclic) bond motifs is 1. The molecule has 0 aromatic heterocycles. The van der Waals surface area contributed by atoms with Crippen molar-refractivity contribution < 1.29 is 19.1 Å². The van der Waals surface area contributed by atoms with Crippen LogP contribution in [0.4, 0.5) is 21.9 Å². The molecule has 1 aliphatic heterocycles. The quantitative estimate of drug-likeness (QED) is 0.566. The van der Waals surface area contributed by atoms with Crippen LogP contribution in [0.2, 0.25) is 0 Å². The predicted octanol–water partition coefficient (Wildman–Crippen LogP) is 4.06. The van der Waals surface area contributed by atoms with Crippen LogP contribution in [0.5, 0.6) is 0 Å². The number of urea groups is 1. The topological polar surface area (TPSA) is 99.8 Å². The predicted molar refractivity (Wildman–Crippen MR) is 125 cm³/mol. The number of ether oxygens (including phenoxy) is 1. The summed E-state index contributed by atoms with van der Waals surface area (Å²) in [6.07, 6.45) is 1.26. The summed E-state index contributed by atoms with van der Waals surface area (Å²) < 4.78 is 4.78. The fraction of sp³-hybridized carbons (Fsp3) is 0.375. The third kappa shape index (κ3) is 5.57. The van der Waals surface area contributed by atoms with Gasteiger partial charge >= 0.3 is 12.0 Å². The smallest absolute Gasteiger partial charge is 0.325 e. The number of para-hydroxylation sites is 1. The fourth-order valence-electron chi connectivity index (χ4n) is 3.89. The van der Waals surface area contributed by atoms with Crippen LogP contribution in [0.15, 0.2) is 48.5 Å². The molecule has 32 heavy (non-hydrogen) atoms. The van der Waals surface area contributed by atoms with Crippen LogP contribution in [0.3, 0.4) is 0 Å². The van der Waals surface area contributed by atoms with E-state index in [0.29, 0.717) is 12.1 Å². The van der Waals surface area contributed by atoms with Crippen molar-refractivity contribution in [3.8, 4) is 0 Å². The van der Waals surface area contributed by atoms with Gasteiger partial charge in [-0.15, -0.1) is 0 Å². The van der Waals surface area contributed by atoms with E-state index in [1.807, 2.05) is 42.2 Å². The molecular formula is C24H30N4O4. The molecule has 0 saturated heterocycles. The number of carbonyl (C=O) groups excluding carboxylic acids is 3. The van der Waals surface area contributed by atoms with Gasteiger partial charge in [0.15, 0.2) is 0 Å². The van der Waals surface area contributed by atoms with Crippen LogP contribution in [0, 0.1) is 0 Å². The lowest BCUT2D eigenvalue weighted by Crippen LogP contribution is -2.44. The van der Waals surface area contributed by atoms with E-state index in [9.17, 15) is 14.4 Å². The second-order valence-electron chi connectivity index (χ2n) is 7.65. The molecule has 0 bridgehead atoms. The summed E-state index contributed by atoms with van der Waals surface area (Å²) in [7, 11) is 0. The Bertz CT molecular complexity index is 961. The SMILES string of the molecule is CCOC(=O)CNC(=O)Nc1ccc(N[C@@H]2C[C@H](C)N(C(=O)CC)c3ccccc32)cc1. The van der Waals surface area contributed by atoms with E-state index in [4.69, 9.17) is 4.74 Å². The number of rotatable bonds is 7. The summed E-state index contributed by atoms with van der Waals surface area (Å²) in [6.45, 7) is 5.75. The third-order valence-electron chi connectivity index (χ3n) is 5.34. The number of carbonyl (C=O) groups is 3. The van der Waals surface area contributed by atoms with E-state index in [2.05, 4.69) is 28.9 Å². The second kappa shape index (κ2) is 10.7. The molecule has 8 nitrogen and oxygen atoms in total. The van der Waals surface area contributed by atoms with Gasteiger partial charge in [0, 0.05) is 29.5 Å². The highest BCUT2D eigenvalue weighted by atomic mass is 16.5. The fourth-order valence-corrected chi connectivity index (χ4v) is 3.89. The molecule has 0 saturated carbocycles. The molecule has 1 aliphatic rings. The summed E-state index contributed by atoms with van der Waals surface area (Å²) in [5.41, 5.74) is 3.55. The van der Waals surface area contributed by atoms with E-state index in [0.717, 1.165) is 23.4 Å². The number of anilines is 3. The van der Waals surface area contributed by atoms with Crippen LogP contribution in [-0.4, -0.2) is 37.1 Å². The molecule has 8 heteroatoms. The van der Waals surface area contributed by atoms with Gasteiger partial charge in [-0.05, 0) is 56.2 Å². The Morgan fingerprint density at radius 1 is 1.03 bits per heavy atom. The molecular weight excluding hydrogens is 408 g/mol. The Balaban J connectivity index is 1.64. The number of benzene rings is 2. The molecule has 3 rings (SSSR count). The first kappa shape index (κ1) is 23.1. The number of nitrogens with one attached hydrogen (secondary N) is 3. The number of hydrogen-bond acceptors (Lipinski definition) is 5. The van der Waals surface area contributed by atoms with Gasteiger partial charge in [-0.1, -0.05) is 25.1 Å². The molecule has 0 unspecified atom stereocenters. The van der Waals surface area contributed by atoms with Crippen molar-refractivity contribution in [2.45, 2.75) is 45.7 Å². The highest BCUT2D eigenvalue weighted by molar-refractivity contribution is 5.95. The zero-order chi connectivity index (χ0) is 23.1. The number of hydrogen-bond donors (Lipinski definition) is 3. The van der Waals surface area contributed by atoms with Gasteiger partial charge in [0.1, 0.15) is 6.54 Å². The summed E-state index contributed by atoms with van der Waals surface area (Å²) >= 11 is 0. The summed E-state index contributed by atoms with van der Waals surface area (Å²) in [6, 6.07) is 15.0. The molecule has 2 aromatic carbocycles. The Morgan fingerprint density at radius 3 is 2.41 bits per heavy atom. The third-order valence-corrected chi connectivity index (χ3v) is 5.34. The van der Waals surface area contributed by atoms with Gasteiger partial charge in [-0.25, -0.2) is 4.79 Å². The minimum atomic E-state index is -0.483. The lowest BCUT2D eigenvalue weighted by Gasteiger charge is -2.40. The molecule has 3 N–H and O–H groups in total. The van der Waals surface area contributed by atoms with Crippen molar-refractivity contribution in [2.24, 2.45) is 0 Å². The number of amides is 3. The first-order valence-electron chi connectivity index (χ1n) is 10.9. The Labute approximate surface area is 188 Å². The van der Waals surface area contributed by atoms with Crippen molar-refractivity contribution in [2.75, 3.05) is 28.7 Å². The van der Waals surface area contributed by atoms with Gasteiger partial charge in [0.2, 0.25) is 5.91 Å². The maximum absolute atomic E-state index is 12.5. The summed E-state index contributed by atoms with van der Waals surface area (Å²) in [5, 5.41) is 8.70. The molecule has 0 spiro atoms. The van der Waals surface area contributed by atoms with Crippen molar-refractivity contribution in [1.82, 2.24) is 5.32 Å². The molecule has 0 aliphatic carbocycles. The lowest BCUT2D eigenvalue weighted by atomic mass is 9.91. The maximum atomic E-state index is 12.5. The Hall–Kier alpha value is -3.55. The van der Waals surface area contributed by atoms with Gasteiger partial charge in [-0.2, -0.15) is 0 Å². The lowest BCUT2D eigenvalue weighted by molar-refractivity contribution is -0.141. The minimum absolute atomic E-state index is 0.0637. The van der Waals surface area contributed by atoms with Crippen molar-refractivity contribution in [3.63, 3.8) is 0 Å². The Kier molecular flexibility index (Phi) is 7.70. The molecule has 2 atom stereocenters. The molecule has 3 amide bonds. The number of esters is 1. The summed E-state index contributed by atoms with van der Waals surface area (Å²) in [5.74, 6) is -0.358. The minimum Gasteiger partial charge on any atom is -0.465 e. The van der Waals surface area contributed by atoms with E-state index in [1.165, 1.54) is 0 Å². The van der Waals surface area contributed by atoms with Crippen LogP contribution in [0.25, 0.3) is 0 Å². The van der Waals surface area contributed by atoms with Crippen LogP contribution >= 0.6 is 0 Å². The van der Waals surface area contributed by atoms with Crippen LogP contribution in [-0.2, 0) is 14.3 Å². The molecule has 0 fully saturated rings. The average molecular weight is 439 g/mol. The first-order valence-corrected chi connectivity index (χ1v) is 10.9. The van der Waals surface area contributed by atoms with Crippen molar-refractivity contribution >= 4 is 35.0 Å². The van der Waals surface area contributed by atoms with Gasteiger partial charge in [0.25, 0.3) is 0 Å². The van der Waals surface area contributed by atoms with Crippen LogP contribution < -0.4 is 20.9 Å². The first-order chi connectivity index (χ1) is 15.4. The normalized spacial score (nSPS) is 17.2. The van der Waals surface area contributed by atoms with Gasteiger partial charge in [0.05, 0.1) is 12.6 Å². The largest absolute Gasteiger partial charge is 0.465 e. The molecule has 170 valence electrons. The highest BCUT2D eigenvalue weighted by Crippen LogP contribution is 2.39. The molecule has 0 radical (unpaired) electrons. The average Bonchev–Trinajstić information content (AvgIpc) is 2.79. The second-order valence-corrected chi connectivity index (χ2v) is 7.65. The monoisotopic (exact) mass is 438 g/mol.